The van der Waals surface area contributed by atoms with Crippen molar-refractivity contribution in [3.05, 3.63) is 56.8 Å². The van der Waals surface area contributed by atoms with Crippen LogP contribution in [0.5, 0.6) is 0 Å². The number of ether oxygens (including phenoxy) is 1. The van der Waals surface area contributed by atoms with Gasteiger partial charge in [0.05, 0.1) is 6.54 Å². The molecule has 0 saturated carbocycles. The first kappa shape index (κ1) is 17.6. The highest BCUT2D eigenvalue weighted by molar-refractivity contribution is 7.21. The van der Waals surface area contributed by atoms with Crippen LogP contribution >= 0.6 is 22.7 Å². The number of thiophene rings is 2. The summed E-state index contributed by atoms with van der Waals surface area (Å²) in [6.07, 6.45) is -0.929. The first-order valence-corrected chi connectivity index (χ1v) is 9.35. The van der Waals surface area contributed by atoms with Crippen molar-refractivity contribution >= 4 is 44.6 Å². The fourth-order valence-electron chi connectivity index (χ4n) is 2.45. The van der Waals surface area contributed by atoms with Gasteiger partial charge in [0.1, 0.15) is 10.7 Å². The quantitative estimate of drug-likeness (QED) is 0.676. The molecule has 0 spiro atoms. The van der Waals surface area contributed by atoms with E-state index < -0.39 is 12.1 Å². The van der Waals surface area contributed by atoms with Crippen molar-refractivity contribution in [3.8, 4) is 0 Å². The molecule has 130 valence electrons. The average Bonchev–Trinajstić information content (AvgIpc) is 3.21. The number of carbonyl (C=O) groups is 2. The second-order valence-corrected chi connectivity index (χ2v) is 7.60. The van der Waals surface area contributed by atoms with E-state index in [4.69, 9.17) is 4.74 Å². The van der Waals surface area contributed by atoms with Crippen LogP contribution in [0.1, 0.15) is 27.0 Å². The van der Waals surface area contributed by atoms with Gasteiger partial charge in [0.15, 0.2) is 6.10 Å². The van der Waals surface area contributed by atoms with Crippen LogP contribution in [0.2, 0.25) is 0 Å². The number of rotatable bonds is 5. The van der Waals surface area contributed by atoms with Gasteiger partial charge in [0, 0.05) is 15.0 Å². The summed E-state index contributed by atoms with van der Waals surface area (Å²) in [5, 5.41) is 5.08. The minimum absolute atomic E-state index is 0.318. The first-order chi connectivity index (χ1) is 12.0. The highest BCUT2D eigenvalue weighted by atomic mass is 32.1. The summed E-state index contributed by atoms with van der Waals surface area (Å²) in [5.74, 6) is -1.35. The van der Waals surface area contributed by atoms with Crippen molar-refractivity contribution in [2.45, 2.75) is 26.5 Å². The van der Waals surface area contributed by atoms with Crippen molar-refractivity contribution in [2.75, 3.05) is 0 Å². The van der Waals surface area contributed by atoms with Gasteiger partial charge in [-0.1, -0.05) is 12.1 Å². The van der Waals surface area contributed by atoms with Crippen LogP contribution in [0, 0.1) is 12.7 Å². The van der Waals surface area contributed by atoms with Gasteiger partial charge in [-0.05, 0) is 43.0 Å². The molecule has 0 aliphatic carbocycles. The van der Waals surface area contributed by atoms with Crippen molar-refractivity contribution in [1.29, 1.82) is 0 Å². The van der Waals surface area contributed by atoms with Gasteiger partial charge in [0.25, 0.3) is 5.91 Å². The van der Waals surface area contributed by atoms with Gasteiger partial charge in [-0.15, -0.1) is 22.7 Å². The Kier molecular flexibility index (Phi) is 5.15. The largest absolute Gasteiger partial charge is 0.448 e. The molecule has 0 unspecified atom stereocenters. The minimum atomic E-state index is -0.929. The van der Waals surface area contributed by atoms with Crippen molar-refractivity contribution in [3.63, 3.8) is 0 Å². The summed E-state index contributed by atoms with van der Waals surface area (Å²) < 4.78 is 19.9. The third kappa shape index (κ3) is 3.72. The molecule has 0 aliphatic rings. The third-order valence-corrected chi connectivity index (χ3v) is 5.87. The Morgan fingerprint density at radius 3 is 2.76 bits per heavy atom. The number of aryl methyl sites for hydroxylation is 1. The maximum absolute atomic E-state index is 13.9. The SMILES string of the molecule is Cc1c(C(=O)O[C@H](C)C(=O)NCc2cccs2)sc2cccc(F)c12. The molecule has 0 saturated heterocycles. The molecule has 0 aliphatic heterocycles. The summed E-state index contributed by atoms with van der Waals surface area (Å²) in [5.41, 5.74) is 0.536. The molecule has 0 bridgehead atoms. The lowest BCUT2D eigenvalue weighted by Crippen LogP contribution is -2.35. The Bertz CT molecular complexity index is 918. The number of halogens is 1. The number of nitrogens with one attached hydrogen (secondary N) is 1. The number of esters is 1. The molecule has 3 rings (SSSR count). The van der Waals surface area contributed by atoms with Gasteiger partial charge in [-0.2, -0.15) is 0 Å². The van der Waals surface area contributed by atoms with Crippen molar-refractivity contribution in [2.24, 2.45) is 0 Å². The Morgan fingerprint density at radius 1 is 1.28 bits per heavy atom. The molecule has 0 radical (unpaired) electrons. The standard InChI is InChI=1S/C18H16FNO3S2/c1-10-15-13(19)6-3-7-14(15)25-16(10)18(22)23-11(2)17(21)20-9-12-5-4-8-24-12/h3-8,11H,9H2,1-2H3,(H,20,21)/t11-/m1/s1. The molecule has 2 heterocycles. The Balaban J connectivity index is 1.68. The average molecular weight is 377 g/mol. The Hall–Kier alpha value is -2.25. The second-order valence-electron chi connectivity index (χ2n) is 5.51. The van der Waals surface area contributed by atoms with Gasteiger partial charge in [0.2, 0.25) is 0 Å². The fraction of sp³-hybridized carbons (Fsp3) is 0.222. The van der Waals surface area contributed by atoms with Crippen LogP contribution in [0.4, 0.5) is 4.39 Å². The number of carbonyl (C=O) groups excluding carboxylic acids is 2. The van der Waals surface area contributed by atoms with E-state index in [1.807, 2.05) is 17.5 Å². The molecule has 3 aromatic rings. The zero-order chi connectivity index (χ0) is 18.0. The summed E-state index contributed by atoms with van der Waals surface area (Å²) in [6.45, 7) is 3.59. The highest BCUT2D eigenvalue weighted by Gasteiger charge is 2.23. The maximum Gasteiger partial charge on any atom is 0.349 e. The number of hydrogen-bond acceptors (Lipinski definition) is 5. The molecule has 7 heteroatoms. The van der Waals surface area contributed by atoms with Crippen LogP contribution in [-0.2, 0) is 16.1 Å². The Morgan fingerprint density at radius 2 is 2.08 bits per heavy atom. The van der Waals surface area contributed by atoms with E-state index in [1.165, 1.54) is 35.7 Å². The molecular formula is C18H16FNO3S2. The van der Waals surface area contributed by atoms with Crippen LogP contribution in [-0.4, -0.2) is 18.0 Å². The molecule has 25 heavy (non-hydrogen) atoms. The van der Waals surface area contributed by atoms with Crippen LogP contribution < -0.4 is 5.32 Å². The molecule has 1 atom stereocenters. The lowest BCUT2D eigenvalue weighted by molar-refractivity contribution is -0.129. The minimum Gasteiger partial charge on any atom is -0.448 e. The van der Waals surface area contributed by atoms with Crippen LogP contribution in [0.25, 0.3) is 10.1 Å². The second kappa shape index (κ2) is 7.33. The van der Waals surface area contributed by atoms with Gasteiger partial charge >= 0.3 is 5.97 Å². The monoisotopic (exact) mass is 377 g/mol. The molecule has 4 nitrogen and oxygen atoms in total. The molecular weight excluding hydrogens is 361 g/mol. The molecule has 1 N–H and O–H groups in total. The van der Waals surface area contributed by atoms with E-state index in [9.17, 15) is 14.0 Å². The predicted octanol–water partition coefficient (Wildman–Crippen LogP) is 4.27. The maximum atomic E-state index is 13.9. The van der Waals surface area contributed by atoms with Crippen molar-refractivity contribution in [1.82, 2.24) is 5.32 Å². The number of amides is 1. The number of benzene rings is 1. The zero-order valence-corrected chi connectivity index (χ0v) is 15.3. The van der Waals surface area contributed by atoms with Gasteiger partial charge < -0.3 is 10.1 Å². The lowest BCUT2D eigenvalue weighted by atomic mass is 10.1. The van der Waals surface area contributed by atoms with Crippen LogP contribution in [0.15, 0.2) is 35.7 Å². The van der Waals surface area contributed by atoms with E-state index in [0.29, 0.717) is 27.1 Å². The number of hydrogen-bond donors (Lipinski definition) is 1. The third-order valence-electron chi connectivity index (χ3n) is 3.76. The summed E-state index contributed by atoms with van der Waals surface area (Å²) in [7, 11) is 0. The zero-order valence-electron chi connectivity index (χ0n) is 13.7. The van der Waals surface area contributed by atoms with Gasteiger partial charge in [-0.25, -0.2) is 9.18 Å². The first-order valence-electron chi connectivity index (χ1n) is 7.66. The molecule has 1 aromatic carbocycles. The lowest BCUT2D eigenvalue weighted by Gasteiger charge is -2.12. The normalized spacial score (nSPS) is 12.1. The van der Waals surface area contributed by atoms with E-state index in [2.05, 4.69) is 5.32 Å². The molecule has 0 fully saturated rings. The summed E-state index contributed by atoms with van der Waals surface area (Å²) >= 11 is 2.70. The van der Waals surface area contributed by atoms with E-state index in [1.54, 1.807) is 19.1 Å². The fourth-order valence-corrected chi connectivity index (χ4v) is 4.20. The summed E-state index contributed by atoms with van der Waals surface area (Å²) in [4.78, 5) is 25.8. The molecule has 2 aromatic heterocycles. The topological polar surface area (TPSA) is 55.4 Å². The van der Waals surface area contributed by atoms with Crippen LogP contribution in [0.3, 0.4) is 0 Å². The van der Waals surface area contributed by atoms with Crippen molar-refractivity contribution < 1.29 is 18.7 Å². The number of fused-ring (bicyclic) bond motifs is 1. The summed E-state index contributed by atoms with van der Waals surface area (Å²) in [6, 6.07) is 8.53. The predicted molar refractivity (Wildman–Crippen MR) is 97.6 cm³/mol. The Labute approximate surface area is 152 Å². The van der Waals surface area contributed by atoms with Gasteiger partial charge in [-0.3, -0.25) is 4.79 Å². The smallest absolute Gasteiger partial charge is 0.349 e. The van der Waals surface area contributed by atoms with E-state index in [-0.39, 0.29) is 11.7 Å². The molecule has 1 amide bonds. The van der Waals surface area contributed by atoms with E-state index in [0.717, 1.165) is 4.88 Å². The highest BCUT2D eigenvalue weighted by Crippen LogP contribution is 2.33. The van der Waals surface area contributed by atoms with E-state index >= 15 is 0 Å².